The molecule has 1 aliphatic rings. The van der Waals surface area contributed by atoms with E-state index in [1.807, 2.05) is 12.1 Å². The molecule has 2 aromatic carbocycles. The third-order valence-electron chi connectivity index (χ3n) is 4.03. The number of aliphatic imine (C=N–C) groups is 1. The topological polar surface area (TPSA) is 45.7 Å². The van der Waals surface area contributed by atoms with E-state index in [1.165, 1.54) is 16.7 Å². The van der Waals surface area contributed by atoms with Gasteiger partial charge in [-0.15, -0.1) is 0 Å². The van der Waals surface area contributed by atoms with E-state index in [0.29, 0.717) is 0 Å². The Morgan fingerprint density at radius 2 is 2.08 bits per heavy atom. The number of nitrogens with one attached hydrogen (secondary N) is 2. The van der Waals surface area contributed by atoms with Crippen molar-refractivity contribution in [2.45, 2.75) is 19.4 Å². The van der Waals surface area contributed by atoms with E-state index in [2.05, 4.69) is 61.9 Å². The molecular formula is C19H22BrN3O. The van der Waals surface area contributed by atoms with Crippen LogP contribution >= 0.6 is 15.9 Å². The van der Waals surface area contributed by atoms with Crippen LogP contribution in [-0.2, 0) is 19.4 Å². The van der Waals surface area contributed by atoms with Gasteiger partial charge in [-0.1, -0.05) is 40.2 Å². The molecule has 3 rings (SSSR count). The molecule has 0 radical (unpaired) electrons. The third kappa shape index (κ3) is 4.51. The van der Waals surface area contributed by atoms with Gasteiger partial charge in [-0.3, -0.25) is 4.99 Å². The highest BCUT2D eigenvalue weighted by atomic mass is 79.9. The molecule has 0 amide bonds. The van der Waals surface area contributed by atoms with E-state index in [1.54, 1.807) is 7.05 Å². The zero-order chi connectivity index (χ0) is 16.8. The Hall–Kier alpha value is -2.01. The Balaban J connectivity index is 1.46. The Labute approximate surface area is 151 Å². The van der Waals surface area contributed by atoms with E-state index < -0.39 is 0 Å². The van der Waals surface area contributed by atoms with Gasteiger partial charge in [0.15, 0.2) is 5.96 Å². The minimum atomic E-state index is 0.745. The highest BCUT2D eigenvalue weighted by Gasteiger charge is 2.11. The number of ether oxygens (including phenoxy) is 1. The molecule has 0 unspecified atom stereocenters. The summed E-state index contributed by atoms with van der Waals surface area (Å²) in [6, 6.07) is 14.7. The van der Waals surface area contributed by atoms with E-state index >= 15 is 0 Å². The molecule has 0 atom stereocenters. The lowest BCUT2D eigenvalue weighted by Crippen LogP contribution is -2.37. The van der Waals surface area contributed by atoms with E-state index in [0.717, 1.165) is 48.7 Å². The molecule has 0 saturated heterocycles. The molecule has 2 aromatic rings. The highest BCUT2D eigenvalue weighted by Crippen LogP contribution is 2.25. The quantitative estimate of drug-likeness (QED) is 0.611. The van der Waals surface area contributed by atoms with Gasteiger partial charge in [-0.2, -0.15) is 0 Å². The molecule has 1 aliphatic heterocycles. The fourth-order valence-electron chi connectivity index (χ4n) is 2.77. The summed E-state index contributed by atoms with van der Waals surface area (Å²) in [5, 5.41) is 6.71. The molecule has 0 bridgehead atoms. The van der Waals surface area contributed by atoms with Crippen LogP contribution in [-0.4, -0.2) is 26.2 Å². The first kappa shape index (κ1) is 16.8. The first-order valence-electron chi connectivity index (χ1n) is 8.18. The summed E-state index contributed by atoms with van der Waals surface area (Å²) in [5.41, 5.74) is 3.87. The van der Waals surface area contributed by atoms with Crippen LogP contribution in [0.2, 0.25) is 0 Å². The summed E-state index contributed by atoms with van der Waals surface area (Å²) in [5.74, 6) is 1.86. The standard InChI is InChI=1S/C19H22BrN3O/c1-21-19(23-13-15-3-2-4-17(20)12-15)22-9-7-14-5-6-18-16(11-14)8-10-24-18/h2-6,11-12H,7-10,13H2,1H3,(H2,21,22,23). The van der Waals surface area contributed by atoms with Crippen LogP contribution in [0, 0.1) is 0 Å². The summed E-state index contributed by atoms with van der Waals surface area (Å²) in [4.78, 5) is 4.28. The van der Waals surface area contributed by atoms with Crippen molar-refractivity contribution in [2.24, 2.45) is 4.99 Å². The number of hydrogen-bond acceptors (Lipinski definition) is 2. The van der Waals surface area contributed by atoms with Gasteiger partial charge in [0, 0.05) is 31.0 Å². The van der Waals surface area contributed by atoms with Crippen molar-refractivity contribution in [3.8, 4) is 5.75 Å². The number of fused-ring (bicyclic) bond motifs is 1. The van der Waals surface area contributed by atoms with Crippen molar-refractivity contribution < 1.29 is 4.74 Å². The number of nitrogens with zero attached hydrogens (tertiary/aromatic N) is 1. The van der Waals surface area contributed by atoms with Crippen LogP contribution in [0.4, 0.5) is 0 Å². The van der Waals surface area contributed by atoms with Crippen LogP contribution < -0.4 is 15.4 Å². The third-order valence-corrected chi connectivity index (χ3v) is 4.53. The molecule has 1 heterocycles. The fourth-order valence-corrected chi connectivity index (χ4v) is 3.22. The van der Waals surface area contributed by atoms with Gasteiger partial charge in [-0.25, -0.2) is 0 Å². The minimum Gasteiger partial charge on any atom is -0.493 e. The second-order valence-corrected chi connectivity index (χ2v) is 6.69. The van der Waals surface area contributed by atoms with Crippen LogP contribution in [0.15, 0.2) is 51.9 Å². The van der Waals surface area contributed by atoms with Crippen LogP contribution in [0.25, 0.3) is 0 Å². The molecule has 0 fully saturated rings. The van der Waals surface area contributed by atoms with Crippen LogP contribution in [0.3, 0.4) is 0 Å². The Morgan fingerprint density at radius 1 is 1.17 bits per heavy atom. The van der Waals surface area contributed by atoms with Crippen LogP contribution in [0.1, 0.15) is 16.7 Å². The molecule has 0 spiro atoms. The lowest BCUT2D eigenvalue weighted by molar-refractivity contribution is 0.357. The summed E-state index contributed by atoms with van der Waals surface area (Å²) >= 11 is 3.49. The number of hydrogen-bond donors (Lipinski definition) is 2. The van der Waals surface area contributed by atoms with Crippen molar-refractivity contribution in [3.05, 3.63) is 63.6 Å². The zero-order valence-electron chi connectivity index (χ0n) is 13.8. The van der Waals surface area contributed by atoms with E-state index in [-0.39, 0.29) is 0 Å². The predicted molar refractivity (Wildman–Crippen MR) is 102 cm³/mol. The van der Waals surface area contributed by atoms with Crippen molar-refractivity contribution in [2.75, 3.05) is 20.2 Å². The Kier molecular flexibility index (Phi) is 5.75. The highest BCUT2D eigenvalue weighted by molar-refractivity contribution is 9.10. The van der Waals surface area contributed by atoms with Crippen LogP contribution in [0.5, 0.6) is 5.75 Å². The first-order chi connectivity index (χ1) is 11.7. The van der Waals surface area contributed by atoms with Gasteiger partial charge in [-0.05, 0) is 41.3 Å². The molecule has 0 aliphatic carbocycles. The summed E-state index contributed by atoms with van der Waals surface area (Å²) in [7, 11) is 1.79. The average Bonchev–Trinajstić information content (AvgIpc) is 3.05. The molecule has 4 nitrogen and oxygen atoms in total. The lowest BCUT2D eigenvalue weighted by atomic mass is 10.1. The molecule has 126 valence electrons. The molecule has 0 saturated carbocycles. The smallest absolute Gasteiger partial charge is 0.191 e. The molecule has 0 aromatic heterocycles. The van der Waals surface area contributed by atoms with Gasteiger partial charge in [0.25, 0.3) is 0 Å². The maximum Gasteiger partial charge on any atom is 0.191 e. The molecule has 24 heavy (non-hydrogen) atoms. The molecule has 2 N–H and O–H groups in total. The zero-order valence-corrected chi connectivity index (χ0v) is 15.4. The number of guanidine groups is 1. The fraction of sp³-hybridized carbons (Fsp3) is 0.316. The van der Waals surface area contributed by atoms with Gasteiger partial charge in [0.1, 0.15) is 5.75 Å². The monoisotopic (exact) mass is 387 g/mol. The number of rotatable bonds is 5. The van der Waals surface area contributed by atoms with Crippen molar-refractivity contribution >= 4 is 21.9 Å². The number of halogens is 1. The first-order valence-corrected chi connectivity index (χ1v) is 8.97. The van der Waals surface area contributed by atoms with Crippen molar-refractivity contribution in [3.63, 3.8) is 0 Å². The number of benzene rings is 2. The Morgan fingerprint density at radius 3 is 2.92 bits per heavy atom. The minimum absolute atomic E-state index is 0.745. The summed E-state index contributed by atoms with van der Waals surface area (Å²) in [6.45, 7) is 2.40. The Bertz CT molecular complexity index is 730. The lowest BCUT2D eigenvalue weighted by Gasteiger charge is -2.12. The molecule has 5 heteroatoms. The maximum absolute atomic E-state index is 5.55. The maximum atomic E-state index is 5.55. The van der Waals surface area contributed by atoms with E-state index in [4.69, 9.17) is 4.74 Å². The second kappa shape index (κ2) is 8.20. The predicted octanol–water partition coefficient (Wildman–Crippen LogP) is 3.29. The van der Waals surface area contributed by atoms with Gasteiger partial charge in [0.2, 0.25) is 0 Å². The summed E-state index contributed by atoms with van der Waals surface area (Å²) in [6.07, 6.45) is 1.98. The summed E-state index contributed by atoms with van der Waals surface area (Å²) < 4.78 is 6.64. The van der Waals surface area contributed by atoms with Crippen molar-refractivity contribution in [1.29, 1.82) is 0 Å². The average molecular weight is 388 g/mol. The largest absolute Gasteiger partial charge is 0.493 e. The molecular weight excluding hydrogens is 366 g/mol. The van der Waals surface area contributed by atoms with Gasteiger partial charge in [0.05, 0.1) is 6.61 Å². The second-order valence-electron chi connectivity index (χ2n) is 5.77. The van der Waals surface area contributed by atoms with Gasteiger partial charge >= 0.3 is 0 Å². The normalized spacial score (nSPS) is 13.3. The van der Waals surface area contributed by atoms with Gasteiger partial charge < -0.3 is 15.4 Å². The SMILES string of the molecule is CN=C(NCCc1ccc2c(c1)CCO2)NCc1cccc(Br)c1. The van der Waals surface area contributed by atoms with Crippen molar-refractivity contribution in [1.82, 2.24) is 10.6 Å². The van der Waals surface area contributed by atoms with E-state index in [9.17, 15) is 0 Å².